The van der Waals surface area contributed by atoms with Crippen molar-refractivity contribution >= 4 is 11.8 Å². The predicted octanol–water partition coefficient (Wildman–Crippen LogP) is 6.73. The molecule has 12 nitrogen and oxygen atoms in total. The van der Waals surface area contributed by atoms with Crippen molar-refractivity contribution in [2.75, 3.05) is 27.4 Å². The number of carbonyl (C=O) groups is 2. The number of hydrogen-bond acceptors (Lipinski definition) is 8. The lowest BCUT2D eigenvalue weighted by molar-refractivity contribution is -0.145. The number of H-pyrrole nitrogens is 2. The van der Waals surface area contributed by atoms with Crippen LogP contribution in [0.25, 0.3) is 33.6 Å². The fourth-order valence-electron chi connectivity index (χ4n) is 6.41. The van der Waals surface area contributed by atoms with Gasteiger partial charge in [0.25, 0.3) is 11.8 Å². The number of aromatic nitrogens is 4. The number of ether oxygens (including phenoxy) is 2. The van der Waals surface area contributed by atoms with Crippen molar-refractivity contribution in [1.29, 1.82) is 0 Å². The third-order valence-electron chi connectivity index (χ3n) is 10.3. The van der Waals surface area contributed by atoms with Crippen LogP contribution >= 0.6 is 0 Å². The number of rotatable bonds is 15. The van der Waals surface area contributed by atoms with Crippen LogP contribution in [0.5, 0.6) is 0 Å². The highest BCUT2D eigenvalue weighted by Crippen LogP contribution is 2.40. The second-order valence-electron chi connectivity index (χ2n) is 16.8. The molecule has 0 radical (unpaired) electrons. The molecule has 0 aliphatic carbocycles. The Balaban J connectivity index is 1.82. The van der Waals surface area contributed by atoms with E-state index in [-0.39, 0.29) is 37.9 Å². The Kier molecular flexibility index (Phi) is 13.0. The molecule has 0 spiro atoms. The van der Waals surface area contributed by atoms with Crippen LogP contribution in [0.2, 0.25) is 0 Å². The van der Waals surface area contributed by atoms with Crippen molar-refractivity contribution in [2.24, 2.45) is 10.8 Å². The molecule has 0 bridgehead atoms. The molecule has 0 aliphatic heterocycles. The van der Waals surface area contributed by atoms with Crippen LogP contribution in [0, 0.1) is 24.7 Å². The average molecular weight is 745 g/mol. The van der Waals surface area contributed by atoms with Gasteiger partial charge >= 0.3 is 0 Å². The van der Waals surface area contributed by atoms with E-state index in [2.05, 4.69) is 63.9 Å². The summed E-state index contributed by atoms with van der Waals surface area (Å²) in [5.74, 6) is 0.514. The minimum Gasteiger partial charge on any atom is -0.396 e. The van der Waals surface area contributed by atoms with Gasteiger partial charge in [0.15, 0.2) is 0 Å². The zero-order valence-corrected chi connectivity index (χ0v) is 34.0. The maximum absolute atomic E-state index is 13.6. The van der Waals surface area contributed by atoms with Crippen molar-refractivity contribution in [1.82, 2.24) is 30.6 Å². The number of aryl methyl sites for hydroxylation is 2. The molecule has 2 amide bonds. The van der Waals surface area contributed by atoms with Crippen LogP contribution in [0.4, 0.5) is 0 Å². The lowest BCUT2D eigenvalue weighted by Gasteiger charge is -2.34. The molecule has 2 aromatic carbocycles. The molecule has 4 rings (SSSR count). The SMILES string of the molecule is COC(C)(CCO)C(=O)N[C@H](c1ncc(-c2ccc(-c3ccc(C)cc3)c(-c3nc([C@@H](NC(=O)C(C)(CCO)OC)C(C)(C)C)[nH]c3C)c2)[nH]1)C(C)(C)C. The van der Waals surface area contributed by atoms with Gasteiger partial charge in [0.2, 0.25) is 0 Å². The van der Waals surface area contributed by atoms with Crippen LogP contribution in [0.1, 0.15) is 103 Å². The third kappa shape index (κ3) is 9.29. The summed E-state index contributed by atoms with van der Waals surface area (Å²) in [5, 5.41) is 25.5. The van der Waals surface area contributed by atoms with Crippen LogP contribution in [0.15, 0.2) is 48.7 Å². The highest BCUT2D eigenvalue weighted by Gasteiger charge is 2.40. The van der Waals surface area contributed by atoms with E-state index < -0.39 is 34.1 Å². The van der Waals surface area contributed by atoms with Gasteiger partial charge in [0.1, 0.15) is 22.9 Å². The number of nitrogens with one attached hydrogen (secondary N) is 4. The third-order valence-corrected chi connectivity index (χ3v) is 10.3. The number of amides is 2. The first-order valence-corrected chi connectivity index (χ1v) is 18.5. The smallest absolute Gasteiger partial charge is 0.252 e. The van der Waals surface area contributed by atoms with Gasteiger partial charge in [-0.15, -0.1) is 0 Å². The molecule has 0 fully saturated rings. The van der Waals surface area contributed by atoms with Crippen LogP contribution in [0.3, 0.4) is 0 Å². The van der Waals surface area contributed by atoms with Crippen molar-refractivity contribution < 1.29 is 29.3 Å². The highest BCUT2D eigenvalue weighted by molar-refractivity contribution is 5.87. The minimum absolute atomic E-state index is 0.149. The van der Waals surface area contributed by atoms with Crippen molar-refractivity contribution in [3.63, 3.8) is 0 Å². The molecule has 4 aromatic rings. The molecule has 2 heterocycles. The second kappa shape index (κ2) is 16.6. The molecule has 0 saturated heterocycles. The Morgan fingerprint density at radius 1 is 0.722 bits per heavy atom. The second-order valence-corrected chi connectivity index (χ2v) is 16.8. The van der Waals surface area contributed by atoms with Gasteiger partial charge in [-0.25, -0.2) is 9.97 Å². The standard InChI is InChI=1S/C42H60N6O6/c1-25-13-15-27(16-14-25)29-18-17-28(31-24-43-35(45-31)33(39(3,4)5)47-37(51)41(9,53-11)19-21-49)23-30(29)32-26(2)44-36(46-32)34(40(6,7)8)48-38(52)42(10,54-12)20-22-50/h13-18,23-24,33-34,49-50H,19-22H2,1-12H3,(H,43,45)(H,44,46)(H,47,51)(H,48,52)/t33-,34-,41?,42?/m1/s1. The topological polar surface area (TPSA) is 174 Å². The van der Waals surface area contributed by atoms with E-state index in [1.54, 1.807) is 20.0 Å². The number of nitrogens with zero attached hydrogens (tertiary/aromatic N) is 2. The fraction of sp³-hybridized carbons (Fsp3) is 0.524. The van der Waals surface area contributed by atoms with E-state index in [0.717, 1.165) is 44.9 Å². The van der Waals surface area contributed by atoms with E-state index in [1.807, 2.05) is 54.5 Å². The van der Waals surface area contributed by atoms with Crippen LogP contribution < -0.4 is 10.6 Å². The molecular weight excluding hydrogens is 684 g/mol. The molecule has 2 unspecified atom stereocenters. The maximum Gasteiger partial charge on any atom is 0.252 e. The number of methoxy groups -OCH3 is 2. The van der Waals surface area contributed by atoms with Gasteiger partial charge in [-0.3, -0.25) is 9.59 Å². The summed E-state index contributed by atoms with van der Waals surface area (Å²) >= 11 is 0. The summed E-state index contributed by atoms with van der Waals surface area (Å²) in [7, 11) is 2.93. The van der Waals surface area contributed by atoms with Crippen LogP contribution in [-0.2, 0) is 19.1 Å². The number of benzene rings is 2. The molecule has 0 saturated carbocycles. The number of carbonyl (C=O) groups excluding carboxylic acids is 2. The first-order chi connectivity index (χ1) is 25.2. The quantitative estimate of drug-likeness (QED) is 0.0777. The summed E-state index contributed by atoms with van der Waals surface area (Å²) < 4.78 is 11.1. The first kappa shape index (κ1) is 42.4. The summed E-state index contributed by atoms with van der Waals surface area (Å²) in [4.78, 5) is 43.9. The van der Waals surface area contributed by atoms with E-state index in [4.69, 9.17) is 19.4 Å². The van der Waals surface area contributed by atoms with Gasteiger partial charge in [0, 0.05) is 57.1 Å². The van der Waals surface area contributed by atoms with E-state index in [0.29, 0.717) is 11.6 Å². The number of imidazole rings is 2. The Morgan fingerprint density at radius 3 is 1.70 bits per heavy atom. The molecule has 2 aromatic heterocycles. The maximum atomic E-state index is 13.6. The zero-order valence-electron chi connectivity index (χ0n) is 34.0. The van der Waals surface area contributed by atoms with Crippen molar-refractivity contribution in [2.45, 2.75) is 105 Å². The predicted molar refractivity (Wildman–Crippen MR) is 211 cm³/mol. The van der Waals surface area contributed by atoms with Crippen molar-refractivity contribution in [3.05, 3.63) is 71.6 Å². The first-order valence-electron chi connectivity index (χ1n) is 18.5. The summed E-state index contributed by atoms with van der Waals surface area (Å²) in [5.41, 5.74) is 3.96. The Labute approximate surface area is 319 Å². The summed E-state index contributed by atoms with van der Waals surface area (Å²) in [6.07, 6.45) is 2.07. The van der Waals surface area contributed by atoms with Gasteiger partial charge in [-0.2, -0.15) is 0 Å². The van der Waals surface area contributed by atoms with E-state index in [1.165, 1.54) is 14.2 Å². The number of hydrogen-bond donors (Lipinski definition) is 6. The average Bonchev–Trinajstić information content (AvgIpc) is 3.75. The van der Waals surface area contributed by atoms with Gasteiger partial charge < -0.3 is 40.3 Å². The van der Waals surface area contributed by atoms with E-state index >= 15 is 0 Å². The van der Waals surface area contributed by atoms with Crippen LogP contribution in [-0.4, -0.2) is 80.6 Å². The molecule has 4 atom stereocenters. The Bertz CT molecular complexity index is 1900. The Morgan fingerprint density at radius 2 is 1.22 bits per heavy atom. The Hall–Kier alpha value is -4.36. The zero-order chi connectivity index (χ0) is 40.2. The largest absolute Gasteiger partial charge is 0.396 e. The number of aromatic amines is 2. The molecule has 294 valence electrons. The normalized spacial score (nSPS) is 15.6. The highest BCUT2D eigenvalue weighted by atomic mass is 16.5. The summed E-state index contributed by atoms with van der Waals surface area (Å²) in [6.45, 7) is 19.2. The lowest BCUT2D eigenvalue weighted by Crippen LogP contribution is -2.50. The number of aliphatic hydroxyl groups is 2. The minimum atomic E-state index is -1.21. The van der Waals surface area contributed by atoms with Gasteiger partial charge in [-0.1, -0.05) is 83.5 Å². The molecule has 6 N–H and O–H groups in total. The van der Waals surface area contributed by atoms with E-state index in [9.17, 15) is 19.8 Å². The van der Waals surface area contributed by atoms with Gasteiger partial charge in [-0.05, 0) is 55.7 Å². The monoisotopic (exact) mass is 744 g/mol. The van der Waals surface area contributed by atoms with Crippen molar-refractivity contribution in [3.8, 4) is 33.6 Å². The fourth-order valence-corrected chi connectivity index (χ4v) is 6.41. The molecule has 54 heavy (non-hydrogen) atoms. The summed E-state index contributed by atoms with van der Waals surface area (Å²) in [6, 6.07) is 13.6. The van der Waals surface area contributed by atoms with Gasteiger partial charge in [0.05, 0.1) is 29.7 Å². The lowest BCUT2D eigenvalue weighted by atomic mass is 9.85. The molecule has 12 heteroatoms. The number of aliphatic hydroxyl groups excluding tert-OH is 2. The molecular formula is C42H60N6O6. The molecule has 0 aliphatic rings.